The Bertz CT molecular complexity index is 1460. The van der Waals surface area contributed by atoms with Gasteiger partial charge in [-0.15, -0.1) is 5.10 Å². The number of fused-ring (bicyclic) bond motifs is 2. The molecule has 0 radical (unpaired) electrons. The van der Waals surface area contributed by atoms with Gasteiger partial charge in [0.2, 0.25) is 0 Å². The average Bonchev–Trinajstić information content (AvgIpc) is 3.30. The zero-order valence-electron chi connectivity index (χ0n) is 15.7. The van der Waals surface area contributed by atoms with E-state index in [4.69, 9.17) is 11.6 Å². The van der Waals surface area contributed by atoms with E-state index in [1.165, 1.54) is 9.08 Å². The predicted molar refractivity (Wildman–Crippen MR) is 116 cm³/mol. The van der Waals surface area contributed by atoms with Crippen molar-refractivity contribution in [1.29, 1.82) is 0 Å². The number of carbonyl (C=O) groups is 1. The van der Waals surface area contributed by atoms with Crippen LogP contribution < -0.4 is 11.0 Å². The Morgan fingerprint density at radius 2 is 1.97 bits per heavy atom. The molecule has 0 fully saturated rings. The Morgan fingerprint density at radius 3 is 2.83 bits per heavy atom. The monoisotopic (exact) mass is 417 g/mol. The van der Waals surface area contributed by atoms with Gasteiger partial charge in [-0.3, -0.25) is 9.20 Å². The second-order valence-corrected chi connectivity index (χ2v) is 7.37. The molecule has 5 aromatic rings. The molecular weight excluding hydrogens is 402 g/mol. The first kappa shape index (κ1) is 18.2. The van der Waals surface area contributed by atoms with E-state index in [-0.39, 0.29) is 11.6 Å². The molecule has 0 aliphatic heterocycles. The number of benzene rings is 2. The molecular formula is C22H16ClN5O2. The first-order valence-electron chi connectivity index (χ1n) is 9.30. The number of rotatable bonds is 4. The second-order valence-electron chi connectivity index (χ2n) is 6.94. The molecule has 0 aliphatic carbocycles. The number of pyridine rings is 1. The fourth-order valence-corrected chi connectivity index (χ4v) is 3.60. The summed E-state index contributed by atoms with van der Waals surface area (Å²) in [4.78, 5) is 28.2. The van der Waals surface area contributed by atoms with Gasteiger partial charge < -0.3 is 10.3 Å². The van der Waals surface area contributed by atoms with Crippen molar-refractivity contribution in [3.05, 3.63) is 99.7 Å². The van der Waals surface area contributed by atoms with Crippen molar-refractivity contribution in [1.82, 2.24) is 19.2 Å². The molecule has 8 heteroatoms. The maximum atomic E-state index is 12.7. The second kappa shape index (κ2) is 7.20. The van der Waals surface area contributed by atoms with E-state index in [1.807, 2.05) is 30.3 Å². The highest BCUT2D eigenvalue weighted by Gasteiger charge is 2.11. The zero-order valence-corrected chi connectivity index (χ0v) is 16.4. The van der Waals surface area contributed by atoms with Crippen molar-refractivity contribution in [2.24, 2.45) is 0 Å². The van der Waals surface area contributed by atoms with Crippen molar-refractivity contribution < 1.29 is 4.79 Å². The summed E-state index contributed by atoms with van der Waals surface area (Å²) in [6.45, 7) is 0.301. The van der Waals surface area contributed by atoms with Crippen LogP contribution in [0.4, 0.5) is 5.69 Å². The molecule has 0 saturated heterocycles. The van der Waals surface area contributed by atoms with Crippen LogP contribution >= 0.6 is 11.6 Å². The smallest absolute Gasteiger partial charge is 0.350 e. The molecule has 7 nitrogen and oxygen atoms in total. The summed E-state index contributed by atoms with van der Waals surface area (Å²) in [6, 6.07) is 19.9. The zero-order chi connectivity index (χ0) is 20.7. The van der Waals surface area contributed by atoms with Gasteiger partial charge in [0.1, 0.15) is 5.69 Å². The lowest BCUT2D eigenvalue weighted by molar-refractivity contribution is 0.102. The van der Waals surface area contributed by atoms with E-state index in [2.05, 4.69) is 15.4 Å². The lowest BCUT2D eigenvalue weighted by Gasteiger charge is -2.06. The number of carbonyl (C=O) groups excluding carboxylic acids is 1. The van der Waals surface area contributed by atoms with Crippen LogP contribution in [0, 0.1) is 0 Å². The Morgan fingerprint density at radius 1 is 1.07 bits per heavy atom. The Labute approximate surface area is 175 Å². The van der Waals surface area contributed by atoms with Gasteiger partial charge in [0.25, 0.3) is 5.91 Å². The summed E-state index contributed by atoms with van der Waals surface area (Å²) in [5.74, 6) is -0.260. The average molecular weight is 418 g/mol. The molecule has 3 heterocycles. The van der Waals surface area contributed by atoms with Gasteiger partial charge in [-0.25, -0.2) is 9.48 Å². The minimum atomic E-state index is -0.260. The number of amides is 1. The van der Waals surface area contributed by atoms with Crippen molar-refractivity contribution >= 4 is 39.7 Å². The van der Waals surface area contributed by atoms with E-state index >= 15 is 0 Å². The van der Waals surface area contributed by atoms with Gasteiger partial charge in [0.05, 0.1) is 6.54 Å². The molecule has 0 saturated carbocycles. The molecule has 3 aromatic heterocycles. The quantitative estimate of drug-likeness (QED) is 0.464. The number of aromatic nitrogens is 4. The van der Waals surface area contributed by atoms with Gasteiger partial charge in [0, 0.05) is 27.8 Å². The van der Waals surface area contributed by atoms with Crippen molar-refractivity contribution in [2.45, 2.75) is 6.54 Å². The molecule has 30 heavy (non-hydrogen) atoms. The van der Waals surface area contributed by atoms with Gasteiger partial charge in [-0.05, 0) is 54.1 Å². The highest BCUT2D eigenvalue weighted by Crippen LogP contribution is 2.21. The van der Waals surface area contributed by atoms with Crippen LogP contribution in [-0.4, -0.2) is 25.1 Å². The van der Waals surface area contributed by atoms with Crippen LogP contribution in [0.1, 0.15) is 16.1 Å². The maximum absolute atomic E-state index is 12.7. The number of anilines is 1. The van der Waals surface area contributed by atoms with Crippen LogP contribution in [0.25, 0.3) is 16.6 Å². The van der Waals surface area contributed by atoms with Gasteiger partial charge in [-0.1, -0.05) is 29.8 Å². The molecule has 0 bridgehead atoms. The summed E-state index contributed by atoms with van der Waals surface area (Å²) in [5, 5.41) is 8.71. The van der Waals surface area contributed by atoms with Crippen molar-refractivity contribution in [3.8, 4) is 0 Å². The Balaban J connectivity index is 1.38. The number of nitrogens with one attached hydrogen (secondary N) is 2. The third-order valence-electron chi connectivity index (χ3n) is 4.83. The number of H-pyrrole nitrogens is 1. The number of hydrogen-bond acceptors (Lipinski definition) is 3. The summed E-state index contributed by atoms with van der Waals surface area (Å²) in [7, 11) is 0. The highest BCUT2D eigenvalue weighted by molar-refractivity contribution is 6.31. The van der Waals surface area contributed by atoms with Crippen LogP contribution in [0.2, 0.25) is 5.02 Å². The Hall–Kier alpha value is -3.84. The fraction of sp³-hybridized carbons (Fsp3) is 0.0455. The van der Waals surface area contributed by atoms with E-state index in [1.54, 1.807) is 42.6 Å². The van der Waals surface area contributed by atoms with Crippen LogP contribution in [-0.2, 0) is 6.54 Å². The summed E-state index contributed by atoms with van der Waals surface area (Å²) < 4.78 is 2.89. The third-order valence-corrected chi connectivity index (χ3v) is 5.07. The lowest BCUT2D eigenvalue weighted by atomic mass is 10.2. The maximum Gasteiger partial charge on any atom is 0.350 e. The first-order chi connectivity index (χ1) is 14.6. The van der Waals surface area contributed by atoms with Crippen LogP contribution in [0.3, 0.4) is 0 Å². The minimum Gasteiger partial charge on any atom is -0.351 e. The number of nitrogens with zero attached hydrogens (tertiary/aromatic N) is 3. The molecule has 2 N–H and O–H groups in total. The Kier molecular flexibility index (Phi) is 4.37. The predicted octanol–water partition coefficient (Wildman–Crippen LogP) is 3.93. The van der Waals surface area contributed by atoms with E-state index < -0.39 is 0 Å². The van der Waals surface area contributed by atoms with Crippen molar-refractivity contribution in [2.75, 3.05) is 5.32 Å². The summed E-state index contributed by atoms with van der Waals surface area (Å²) in [5.41, 5.74) is 3.13. The third kappa shape index (κ3) is 3.35. The van der Waals surface area contributed by atoms with Gasteiger partial charge in [-0.2, -0.15) is 0 Å². The first-order valence-corrected chi connectivity index (χ1v) is 9.67. The standard InChI is InChI=1S/C22H16ClN5O2/c23-16-7-8-18-15(11-16)12-19(25-18)21(29)24-17-5-3-4-14(10-17)13-28-22(30)27-9-2-1-6-20(27)26-28/h1-12,25H,13H2,(H,24,29). The van der Waals surface area contributed by atoms with E-state index in [0.29, 0.717) is 28.6 Å². The molecule has 0 atom stereocenters. The molecule has 148 valence electrons. The summed E-state index contributed by atoms with van der Waals surface area (Å²) >= 11 is 6.01. The molecule has 0 spiro atoms. The molecule has 1 amide bonds. The number of hydrogen-bond donors (Lipinski definition) is 2. The van der Waals surface area contributed by atoms with Crippen LogP contribution in [0.5, 0.6) is 0 Å². The highest BCUT2D eigenvalue weighted by atomic mass is 35.5. The van der Waals surface area contributed by atoms with Crippen molar-refractivity contribution in [3.63, 3.8) is 0 Å². The topological polar surface area (TPSA) is 84.2 Å². The van der Waals surface area contributed by atoms with Crippen LogP contribution in [0.15, 0.2) is 77.7 Å². The molecule has 2 aromatic carbocycles. The molecule has 0 unspecified atom stereocenters. The SMILES string of the molecule is O=C(Nc1cccc(Cn2nc3ccccn3c2=O)c1)c1cc2cc(Cl)ccc2[nH]1. The largest absolute Gasteiger partial charge is 0.351 e. The minimum absolute atomic E-state index is 0.211. The van der Waals surface area contributed by atoms with E-state index in [9.17, 15) is 9.59 Å². The number of halogens is 1. The fourth-order valence-electron chi connectivity index (χ4n) is 3.42. The molecule has 0 aliphatic rings. The van der Waals surface area contributed by atoms with E-state index in [0.717, 1.165) is 16.5 Å². The molecule has 5 rings (SSSR count). The normalized spacial score (nSPS) is 11.2. The lowest BCUT2D eigenvalue weighted by Crippen LogP contribution is -2.21. The number of aromatic amines is 1. The summed E-state index contributed by atoms with van der Waals surface area (Å²) in [6.07, 6.45) is 1.69. The van der Waals surface area contributed by atoms with Gasteiger partial charge >= 0.3 is 5.69 Å². The van der Waals surface area contributed by atoms with Gasteiger partial charge in [0.15, 0.2) is 5.65 Å².